The number of carbonyl (C=O) groups is 1. The van der Waals surface area contributed by atoms with Crippen molar-refractivity contribution in [2.45, 2.75) is 26.3 Å². The summed E-state index contributed by atoms with van der Waals surface area (Å²) in [5.74, 6) is 0.931. The van der Waals surface area contributed by atoms with E-state index in [2.05, 4.69) is 41.0 Å². The van der Waals surface area contributed by atoms with Crippen molar-refractivity contribution < 1.29 is 9.53 Å². The van der Waals surface area contributed by atoms with Gasteiger partial charge in [0.2, 0.25) is 0 Å². The van der Waals surface area contributed by atoms with E-state index in [1.54, 1.807) is 12.0 Å². The number of methoxy groups -OCH3 is 1. The lowest BCUT2D eigenvalue weighted by molar-refractivity contribution is 0.0795. The molecule has 1 amide bonds. The number of aromatic nitrogens is 3. The van der Waals surface area contributed by atoms with E-state index in [9.17, 15) is 4.79 Å². The minimum absolute atomic E-state index is 0.0342. The van der Waals surface area contributed by atoms with Gasteiger partial charge in [-0.2, -0.15) is 0 Å². The Hall–Kier alpha value is -3.71. The molecule has 0 unspecified atom stereocenters. The van der Waals surface area contributed by atoms with E-state index in [0.717, 1.165) is 71.8 Å². The van der Waals surface area contributed by atoms with E-state index in [4.69, 9.17) is 9.72 Å². The molecule has 35 heavy (non-hydrogen) atoms. The van der Waals surface area contributed by atoms with Crippen molar-refractivity contribution in [3.05, 3.63) is 65.5 Å². The second kappa shape index (κ2) is 9.50. The highest BCUT2D eigenvalue weighted by Crippen LogP contribution is 2.34. The van der Waals surface area contributed by atoms with Gasteiger partial charge in [0.1, 0.15) is 11.3 Å². The van der Waals surface area contributed by atoms with Crippen LogP contribution in [-0.2, 0) is 13.0 Å². The number of hydrogen-bond donors (Lipinski definition) is 1. The Morgan fingerprint density at radius 3 is 2.74 bits per heavy atom. The van der Waals surface area contributed by atoms with Gasteiger partial charge in [0.25, 0.3) is 5.91 Å². The second-order valence-corrected chi connectivity index (χ2v) is 9.26. The molecule has 0 saturated heterocycles. The van der Waals surface area contributed by atoms with Crippen molar-refractivity contribution in [1.29, 1.82) is 0 Å². The average Bonchev–Trinajstić information content (AvgIpc) is 3.31. The summed E-state index contributed by atoms with van der Waals surface area (Å²) in [6.07, 6.45) is 5.66. The van der Waals surface area contributed by atoms with Crippen molar-refractivity contribution in [2.75, 3.05) is 34.3 Å². The van der Waals surface area contributed by atoms with Gasteiger partial charge in [-0.25, -0.2) is 9.97 Å². The molecule has 1 aliphatic rings. The number of nitrogens with one attached hydrogen (secondary N) is 1. The highest BCUT2D eigenvalue weighted by Gasteiger charge is 2.20. The summed E-state index contributed by atoms with van der Waals surface area (Å²) in [7, 11) is 5.70. The zero-order valence-corrected chi connectivity index (χ0v) is 20.8. The molecule has 2 aromatic carbocycles. The molecule has 7 heteroatoms. The van der Waals surface area contributed by atoms with Gasteiger partial charge in [0, 0.05) is 55.1 Å². The fourth-order valence-electron chi connectivity index (χ4n) is 4.80. The number of amides is 1. The lowest BCUT2D eigenvalue weighted by Crippen LogP contribution is -2.27. The van der Waals surface area contributed by atoms with E-state index in [0.29, 0.717) is 5.56 Å². The molecule has 2 aromatic heterocycles. The number of aromatic amines is 1. The van der Waals surface area contributed by atoms with Gasteiger partial charge < -0.3 is 19.5 Å². The maximum Gasteiger partial charge on any atom is 0.253 e. The van der Waals surface area contributed by atoms with Crippen LogP contribution < -0.4 is 4.74 Å². The largest absolute Gasteiger partial charge is 0.496 e. The molecule has 3 heterocycles. The topological polar surface area (TPSA) is 74.3 Å². The smallest absolute Gasteiger partial charge is 0.253 e. The summed E-state index contributed by atoms with van der Waals surface area (Å²) in [5.41, 5.74) is 8.55. The summed E-state index contributed by atoms with van der Waals surface area (Å²) in [6, 6.07) is 12.0. The summed E-state index contributed by atoms with van der Waals surface area (Å²) in [6.45, 7) is 4.72. The maximum absolute atomic E-state index is 12.6. The van der Waals surface area contributed by atoms with Crippen LogP contribution in [0, 0.1) is 0 Å². The Kier molecular flexibility index (Phi) is 6.26. The van der Waals surface area contributed by atoms with E-state index in [-0.39, 0.29) is 5.91 Å². The standard InChI is InChI=1S/C28H31N5O2/c1-5-11-33(3)28(34)19-8-6-18(7-9-19)22-15-29-27-26(22)31-24(16-30-27)21-13-20-10-12-32(2)17-23(20)25(14-21)35-4/h6-9,13-16H,5,10-12,17H2,1-4H3,(H,29,30). The molecule has 0 radical (unpaired) electrons. The summed E-state index contributed by atoms with van der Waals surface area (Å²) in [4.78, 5) is 29.5. The number of benzene rings is 2. The van der Waals surface area contributed by atoms with Crippen LogP contribution in [0.5, 0.6) is 5.75 Å². The maximum atomic E-state index is 12.6. The van der Waals surface area contributed by atoms with Gasteiger partial charge in [0.05, 0.1) is 19.0 Å². The molecule has 0 aliphatic carbocycles. The van der Waals surface area contributed by atoms with E-state index < -0.39 is 0 Å². The van der Waals surface area contributed by atoms with E-state index in [1.807, 2.05) is 43.7 Å². The van der Waals surface area contributed by atoms with Crippen LogP contribution in [0.4, 0.5) is 0 Å². The van der Waals surface area contributed by atoms with Gasteiger partial charge >= 0.3 is 0 Å². The Labute approximate surface area is 205 Å². The summed E-state index contributed by atoms with van der Waals surface area (Å²) >= 11 is 0. The number of hydrogen-bond acceptors (Lipinski definition) is 5. The number of H-pyrrole nitrogens is 1. The summed E-state index contributed by atoms with van der Waals surface area (Å²) < 4.78 is 5.74. The van der Waals surface area contributed by atoms with E-state index in [1.165, 1.54) is 11.1 Å². The summed E-state index contributed by atoms with van der Waals surface area (Å²) in [5, 5.41) is 0. The molecule has 7 nitrogen and oxygen atoms in total. The zero-order chi connectivity index (χ0) is 24.5. The molecule has 0 fully saturated rings. The first-order valence-corrected chi connectivity index (χ1v) is 12.1. The van der Waals surface area contributed by atoms with Crippen LogP contribution in [0.1, 0.15) is 34.8 Å². The van der Waals surface area contributed by atoms with Gasteiger partial charge in [-0.3, -0.25) is 4.79 Å². The van der Waals surface area contributed by atoms with Crippen LogP contribution in [0.15, 0.2) is 48.8 Å². The van der Waals surface area contributed by atoms with Crippen molar-refractivity contribution >= 4 is 17.1 Å². The first-order chi connectivity index (χ1) is 17.0. The number of ether oxygens (including phenoxy) is 1. The Morgan fingerprint density at radius 1 is 1.20 bits per heavy atom. The lowest BCUT2D eigenvalue weighted by atomic mass is 9.95. The van der Waals surface area contributed by atoms with Crippen LogP contribution in [0.3, 0.4) is 0 Å². The molecule has 1 aliphatic heterocycles. The van der Waals surface area contributed by atoms with Gasteiger partial charge in [-0.05, 0) is 55.3 Å². The molecule has 0 spiro atoms. The first kappa shape index (κ1) is 23.1. The fourth-order valence-corrected chi connectivity index (χ4v) is 4.80. The monoisotopic (exact) mass is 469 g/mol. The number of rotatable bonds is 6. The molecule has 0 bridgehead atoms. The van der Waals surface area contributed by atoms with Crippen LogP contribution in [0.2, 0.25) is 0 Å². The van der Waals surface area contributed by atoms with Crippen molar-refractivity contribution in [1.82, 2.24) is 24.8 Å². The molecule has 4 aromatic rings. The third-order valence-corrected chi connectivity index (χ3v) is 6.74. The van der Waals surface area contributed by atoms with Gasteiger partial charge in [-0.1, -0.05) is 19.1 Å². The third-order valence-electron chi connectivity index (χ3n) is 6.74. The van der Waals surface area contributed by atoms with Crippen LogP contribution >= 0.6 is 0 Å². The highest BCUT2D eigenvalue weighted by atomic mass is 16.5. The molecular weight excluding hydrogens is 438 g/mol. The fraction of sp³-hybridized carbons (Fsp3) is 0.321. The first-order valence-electron chi connectivity index (χ1n) is 12.1. The van der Waals surface area contributed by atoms with Crippen molar-refractivity contribution in [2.24, 2.45) is 0 Å². The molecule has 1 N–H and O–H groups in total. The Morgan fingerprint density at radius 2 is 2.00 bits per heavy atom. The Bertz CT molecular complexity index is 1360. The van der Waals surface area contributed by atoms with E-state index >= 15 is 0 Å². The number of fused-ring (bicyclic) bond motifs is 2. The van der Waals surface area contributed by atoms with Crippen molar-refractivity contribution in [3.63, 3.8) is 0 Å². The van der Waals surface area contributed by atoms with Gasteiger partial charge in [0.15, 0.2) is 5.65 Å². The highest BCUT2D eigenvalue weighted by molar-refractivity contribution is 5.96. The third kappa shape index (κ3) is 4.39. The second-order valence-electron chi connectivity index (χ2n) is 9.26. The van der Waals surface area contributed by atoms with Crippen molar-refractivity contribution in [3.8, 4) is 28.1 Å². The normalized spacial score (nSPS) is 13.6. The minimum Gasteiger partial charge on any atom is -0.496 e. The van der Waals surface area contributed by atoms with Crippen LogP contribution in [0.25, 0.3) is 33.5 Å². The number of likely N-dealkylation sites (N-methyl/N-ethyl adjacent to an activating group) is 1. The molecular formula is C28H31N5O2. The number of nitrogens with zero attached hydrogens (tertiary/aromatic N) is 4. The minimum atomic E-state index is 0.0342. The van der Waals surface area contributed by atoms with Gasteiger partial charge in [-0.15, -0.1) is 0 Å². The lowest BCUT2D eigenvalue weighted by Gasteiger charge is -2.27. The SMILES string of the molecule is CCCN(C)C(=O)c1ccc(-c2c[nH]c3ncc(-c4cc5c(c(OC)c4)CN(C)CC5)nc23)cc1. The zero-order valence-electron chi connectivity index (χ0n) is 20.8. The molecule has 180 valence electrons. The molecule has 5 rings (SSSR count). The quantitative estimate of drug-likeness (QED) is 0.440. The Balaban J connectivity index is 1.50. The van der Waals surface area contributed by atoms with Crippen LogP contribution in [-0.4, -0.2) is 65.0 Å². The molecule has 0 saturated carbocycles. The predicted octanol–water partition coefficient (Wildman–Crippen LogP) is 4.77. The number of carbonyl (C=O) groups excluding carboxylic acids is 1. The molecule has 0 atom stereocenters. The predicted molar refractivity (Wildman–Crippen MR) is 139 cm³/mol. The average molecular weight is 470 g/mol.